The maximum Gasteiger partial charge on any atom is 0.227 e. The molecule has 4 nitrogen and oxygen atoms in total. The van der Waals surface area contributed by atoms with Gasteiger partial charge in [0.15, 0.2) is 0 Å². The second-order valence-electron chi connectivity index (χ2n) is 5.57. The maximum atomic E-state index is 12.5. The van der Waals surface area contributed by atoms with Gasteiger partial charge in [0.05, 0.1) is 5.92 Å². The van der Waals surface area contributed by atoms with Crippen LogP contribution in [0.4, 0.5) is 0 Å². The van der Waals surface area contributed by atoms with Crippen LogP contribution in [0, 0.1) is 11.8 Å². The van der Waals surface area contributed by atoms with Gasteiger partial charge in [-0.1, -0.05) is 30.3 Å². The van der Waals surface area contributed by atoms with Gasteiger partial charge >= 0.3 is 0 Å². The number of benzene rings is 1. The molecule has 0 bridgehead atoms. The number of carbonyl (C=O) groups excluding carboxylic acids is 1. The zero-order valence-electron chi connectivity index (χ0n) is 11.9. The molecule has 3 N–H and O–H groups in total. The highest BCUT2D eigenvalue weighted by Crippen LogP contribution is 2.22. The van der Waals surface area contributed by atoms with E-state index in [1.165, 1.54) is 0 Å². The third kappa shape index (κ3) is 3.81. The van der Waals surface area contributed by atoms with E-state index in [2.05, 4.69) is 0 Å². The standard InChI is InChI=1S/C16H24N2O2/c17-11-15(10-13-4-2-1-3-5-13)16(20)18-8-6-14(12-18)7-9-19/h1-5,14-15,19H,6-12,17H2. The predicted molar refractivity (Wildman–Crippen MR) is 79.1 cm³/mol. The lowest BCUT2D eigenvalue weighted by Gasteiger charge is -2.22. The first-order valence-electron chi connectivity index (χ1n) is 7.38. The van der Waals surface area contributed by atoms with Crippen LogP contribution in [0.5, 0.6) is 0 Å². The molecule has 0 aromatic heterocycles. The number of aliphatic hydroxyl groups excluding tert-OH is 1. The van der Waals surface area contributed by atoms with E-state index >= 15 is 0 Å². The van der Waals surface area contributed by atoms with Crippen LogP contribution in [0.25, 0.3) is 0 Å². The number of likely N-dealkylation sites (tertiary alicyclic amines) is 1. The van der Waals surface area contributed by atoms with Crippen molar-refractivity contribution in [2.24, 2.45) is 17.6 Å². The number of hydrogen-bond donors (Lipinski definition) is 2. The minimum absolute atomic E-state index is 0.134. The Morgan fingerprint density at radius 1 is 1.40 bits per heavy atom. The van der Waals surface area contributed by atoms with Crippen molar-refractivity contribution in [2.45, 2.75) is 19.3 Å². The molecule has 2 rings (SSSR count). The fourth-order valence-electron chi connectivity index (χ4n) is 2.88. The van der Waals surface area contributed by atoms with Crippen LogP contribution in [0.3, 0.4) is 0 Å². The van der Waals surface area contributed by atoms with E-state index in [4.69, 9.17) is 10.8 Å². The quantitative estimate of drug-likeness (QED) is 0.815. The van der Waals surface area contributed by atoms with Crippen molar-refractivity contribution < 1.29 is 9.90 Å². The molecule has 1 aliphatic rings. The lowest BCUT2D eigenvalue weighted by Crippen LogP contribution is -2.38. The van der Waals surface area contributed by atoms with Gasteiger partial charge in [0.25, 0.3) is 0 Å². The molecule has 1 aromatic rings. The topological polar surface area (TPSA) is 66.6 Å². The van der Waals surface area contributed by atoms with Crippen LogP contribution < -0.4 is 5.73 Å². The van der Waals surface area contributed by atoms with Crippen molar-refractivity contribution in [3.8, 4) is 0 Å². The van der Waals surface area contributed by atoms with Crippen molar-refractivity contribution >= 4 is 5.91 Å². The zero-order chi connectivity index (χ0) is 14.4. The molecule has 0 saturated carbocycles. The number of rotatable bonds is 6. The molecule has 20 heavy (non-hydrogen) atoms. The number of nitrogens with zero attached hydrogens (tertiary/aromatic N) is 1. The Morgan fingerprint density at radius 2 is 2.15 bits per heavy atom. The Hall–Kier alpha value is -1.39. The normalized spacial score (nSPS) is 20.1. The number of carbonyl (C=O) groups is 1. The average Bonchev–Trinajstić information content (AvgIpc) is 2.94. The molecule has 0 spiro atoms. The fraction of sp³-hybridized carbons (Fsp3) is 0.562. The van der Waals surface area contributed by atoms with Crippen molar-refractivity contribution in [2.75, 3.05) is 26.2 Å². The molecule has 110 valence electrons. The molecule has 0 radical (unpaired) electrons. The third-order valence-electron chi connectivity index (χ3n) is 4.09. The maximum absolute atomic E-state index is 12.5. The van der Waals surface area contributed by atoms with Crippen LogP contribution in [0.15, 0.2) is 30.3 Å². The van der Waals surface area contributed by atoms with Crippen molar-refractivity contribution in [1.29, 1.82) is 0 Å². The van der Waals surface area contributed by atoms with Gasteiger partial charge in [0, 0.05) is 26.2 Å². The highest BCUT2D eigenvalue weighted by atomic mass is 16.3. The lowest BCUT2D eigenvalue weighted by atomic mass is 9.98. The smallest absolute Gasteiger partial charge is 0.227 e. The number of aliphatic hydroxyl groups is 1. The van der Waals surface area contributed by atoms with Gasteiger partial charge in [0.1, 0.15) is 0 Å². The van der Waals surface area contributed by atoms with Gasteiger partial charge in [-0.3, -0.25) is 4.79 Å². The monoisotopic (exact) mass is 276 g/mol. The van der Waals surface area contributed by atoms with Gasteiger partial charge in [0.2, 0.25) is 5.91 Å². The molecule has 1 aliphatic heterocycles. The molecule has 1 heterocycles. The summed E-state index contributed by atoms with van der Waals surface area (Å²) in [5.41, 5.74) is 6.95. The highest BCUT2D eigenvalue weighted by molar-refractivity contribution is 5.79. The summed E-state index contributed by atoms with van der Waals surface area (Å²) >= 11 is 0. The molecule has 1 fully saturated rings. The summed E-state index contributed by atoms with van der Waals surface area (Å²) in [4.78, 5) is 14.4. The summed E-state index contributed by atoms with van der Waals surface area (Å²) in [6.07, 6.45) is 2.49. The van der Waals surface area contributed by atoms with Crippen LogP contribution in [-0.2, 0) is 11.2 Å². The summed E-state index contributed by atoms with van der Waals surface area (Å²) in [6, 6.07) is 10.0. The Labute approximate surface area is 120 Å². The zero-order valence-corrected chi connectivity index (χ0v) is 11.9. The van der Waals surface area contributed by atoms with Crippen molar-refractivity contribution in [1.82, 2.24) is 4.90 Å². The minimum Gasteiger partial charge on any atom is -0.396 e. The third-order valence-corrected chi connectivity index (χ3v) is 4.09. The van der Waals surface area contributed by atoms with E-state index in [0.717, 1.165) is 31.5 Å². The Balaban J connectivity index is 1.92. The van der Waals surface area contributed by atoms with Gasteiger partial charge in [-0.2, -0.15) is 0 Å². The largest absolute Gasteiger partial charge is 0.396 e. The number of nitrogens with two attached hydrogens (primary N) is 1. The minimum atomic E-state index is -0.134. The van der Waals surface area contributed by atoms with Crippen LogP contribution in [-0.4, -0.2) is 42.2 Å². The molecule has 2 atom stereocenters. The van der Waals surface area contributed by atoms with Crippen LogP contribution in [0.1, 0.15) is 18.4 Å². The highest BCUT2D eigenvalue weighted by Gasteiger charge is 2.29. The van der Waals surface area contributed by atoms with Crippen molar-refractivity contribution in [3.63, 3.8) is 0 Å². The fourth-order valence-corrected chi connectivity index (χ4v) is 2.88. The average molecular weight is 276 g/mol. The number of hydrogen-bond acceptors (Lipinski definition) is 3. The van der Waals surface area contributed by atoms with E-state index in [1.54, 1.807) is 0 Å². The molecule has 1 amide bonds. The van der Waals surface area contributed by atoms with Crippen LogP contribution in [0.2, 0.25) is 0 Å². The van der Waals surface area contributed by atoms with Gasteiger partial charge in [-0.15, -0.1) is 0 Å². The van der Waals surface area contributed by atoms with E-state index < -0.39 is 0 Å². The molecular weight excluding hydrogens is 252 g/mol. The second kappa shape index (κ2) is 7.41. The van der Waals surface area contributed by atoms with Gasteiger partial charge in [-0.25, -0.2) is 0 Å². The second-order valence-corrected chi connectivity index (χ2v) is 5.57. The van der Waals surface area contributed by atoms with Crippen LogP contribution >= 0.6 is 0 Å². The Morgan fingerprint density at radius 3 is 2.80 bits per heavy atom. The summed E-state index contributed by atoms with van der Waals surface area (Å²) in [5, 5.41) is 8.98. The molecule has 1 saturated heterocycles. The molecular formula is C16H24N2O2. The van der Waals surface area contributed by atoms with E-state index in [1.807, 2.05) is 35.2 Å². The summed E-state index contributed by atoms with van der Waals surface area (Å²) < 4.78 is 0. The Kier molecular flexibility index (Phi) is 5.56. The molecule has 1 aromatic carbocycles. The van der Waals surface area contributed by atoms with E-state index in [9.17, 15) is 4.79 Å². The van der Waals surface area contributed by atoms with Gasteiger partial charge in [-0.05, 0) is 30.7 Å². The van der Waals surface area contributed by atoms with Crippen molar-refractivity contribution in [3.05, 3.63) is 35.9 Å². The predicted octanol–water partition coefficient (Wildman–Crippen LogP) is 1.03. The molecule has 0 aliphatic carbocycles. The first kappa shape index (κ1) is 15.0. The molecule has 4 heteroatoms. The van der Waals surface area contributed by atoms with E-state index in [0.29, 0.717) is 18.9 Å². The Bertz CT molecular complexity index is 422. The summed E-state index contributed by atoms with van der Waals surface area (Å²) in [5.74, 6) is 0.473. The SMILES string of the molecule is NCC(Cc1ccccc1)C(=O)N1CCC(CCO)C1. The summed E-state index contributed by atoms with van der Waals surface area (Å²) in [7, 11) is 0. The first-order chi connectivity index (χ1) is 9.74. The number of amides is 1. The van der Waals surface area contributed by atoms with Gasteiger partial charge < -0.3 is 15.7 Å². The molecule has 2 unspecified atom stereocenters. The summed E-state index contributed by atoms with van der Waals surface area (Å²) in [6.45, 7) is 2.16. The lowest BCUT2D eigenvalue weighted by molar-refractivity contribution is -0.134. The first-order valence-corrected chi connectivity index (χ1v) is 7.38. The van der Waals surface area contributed by atoms with E-state index in [-0.39, 0.29) is 18.4 Å².